The van der Waals surface area contributed by atoms with Gasteiger partial charge in [0.25, 0.3) is 0 Å². The molecule has 4 unspecified atom stereocenters. The molecule has 2 N–H and O–H groups in total. The van der Waals surface area contributed by atoms with Gasteiger partial charge in [-0.15, -0.1) is 0 Å². The fourth-order valence-electron chi connectivity index (χ4n) is 3.13. The first-order valence-electron chi connectivity index (χ1n) is 7.12. The average Bonchev–Trinajstić information content (AvgIpc) is 2.41. The summed E-state index contributed by atoms with van der Waals surface area (Å²) in [7, 11) is 1.69. The zero-order valence-corrected chi connectivity index (χ0v) is 12.8. The monoisotopic (exact) mass is 281 g/mol. The summed E-state index contributed by atoms with van der Waals surface area (Å²) in [6.07, 6.45) is 3.66. The van der Waals surface area contributed by atoms with E-state index in [-0.39, 0.29) is 6.04 Å². The summed E-state index contributed by atoms with van der Waals surface area (Å²) >= 11 is 6.10. The first-order valence-corrected chi connectivity index (χ1v) is 7.49. The number of rotatable bonds is 3. The molecule has 0 radical (unpaired) electrons. The number of nitrogens with two attached hydrogens (primary N) is 1. The number of hydrogen-bond donors (Lipinski definition) is 1. The van der Waals surface area contributed by atoms with Gasteiger partial charge in [0, 0.05) is 16.6 Å². The molecular weight excluding hydrogens is 258 g/mol. The minimum Gasteiger partial charge on any atom is -0.496 e. The number of hydrogen-bond acceptors (Lipinski definition) is 2. The van der Waals surface area contributed by atoms with Gasteiger partial charge in [-0.2, -0.15) is 0 Å². The lowest BCUT2D eigenvalue weighted by atomic mass is 9.72. The van der Waals surface area contributed by atoms with Crippen molar-refractivity contribution in [1.29, 1.82) is 0 Å². The molecule has 19 heavy (non-hydrogen) atoms. The largest absolute Gasteiger partial charge is 0.496 e. The summed E-state index contributed by atoms with van der Waals surface area (Å²) in [5.74, 6) is 2.93. The van der Waals surface area contributed by atoms with Gasteiger partial charge in [0.1, 0.15) is 5.75 Å². The predicted octanol–water partition coefficient (Wildman–Crippen LogP) is 4.42. The van der Waals surface area contributed by atoms with Gasteiger partial charge < -0.3 is 10.5 Å². The molecule has 1 aromatic rings. The molecule has 1 aliphatic carbocycles. The van der Waals surface area contributed by atoms with Crippen molar-refractivity contribution in [3.8, 4) is 5.75 Å². The summed E-state index contributed by atoms with van der Waals surface area (Å²) in [6, 6.07) is 5.73. The Kier molecular flexibility index (Phi) is 4.75. The number of ether oxygens (including phenoxy) is 1. The van der Waals surface area contributed by atoms with Crippen LogP contribution in [-0.4, -0.2) is 7.11 Å². The van der Waals surface area contributed by atoms with Crippen molar-refractivity contribution < 1.29 is 4.74 Å². The van der Waals surface area contributed by atoms with Gasteiger partial charge in [-0.05, 0) is 48.8 Å². The van der Waals surface area contributed by atoms with Crippen molar-refractivity contribution in [2.45, 2.75) is 39.2 Å². The maximum absolute atomic E-state index is 6.48. The van der Waals surface area contributed by atoms with Crippen molar-refractivity contribution in [2.75, 3.05) is 7.11 Å². The standard InChI is InChI=1S/C16H24ClNO/c1-10-4-5-12(8-11(10)2)16(18)14-9-13(17)6-7-15(14)19-3/h6-7,9-12,16H,4-5,8,18H2,1-3H3. The van der Waals surface area contributed by atoms with E-state index >= 15 is 0 Å². The van der Waals surface area contributed by atoms with Gasteiger partial charge in [-0.3, -0.25) is 0 Å². The lowest BCUT2D eigenvalue weighted by Gasteiger charge is -2.35. The first kappa shape index (κ1) is 14.7. The third-order valence-electron chi connectivity index (χ3n) is 4.70. The van der Waals surface area contributed by atoms with E-state index in [9.17, 15) is 0 Å². The van der Waals surface area contributed by atoms with Crippen LogP contribution in [-0.2, 0) is 0 Å². The van der Waals surface area contributed by atoms with E-state index in [0.29, 0.717) is 5.92 Å². The normalized spacial score (nSPS) is 29.0. The Morgan fingerprint density at radius 3 is 2.63 bits per heavy atom. The summed E-state index contributed by atoms with van der Waals surface area (Å²) < 4.78 is 5.42. The van der Waals surface area contributed by atoms with E-state index in [0.717, 1.165) is 28.2 Å². The predicted molar refractivity (Wildman–Crippen MR) is 80.6 cm³/mol. The smallest absolute Gasteiger partial charge is 0.123 e. The summed E-state index contributed by atoms with van der Waals surface area (Å²) in [6.45, 7) is 4.67. The highest BCUT2D eigenvalue weighted by atomic mass is 35.5. The Morgan fingerprint density at radius 1 is 1.26 bits per heavy atom. The number of halogens is 1. The zero-order chi connectivity index (χ0) is 14.0. The van der Waals surface area contributed by atoms with Gasteiger partial charge in [0.15, 0.2) is 0 Å². The fraction of sp³-hybridized carbons (Fsp3) is 0.625. The van der Waals surface area contributed by atoms with Crippen LogP contribution in [0.2, 0.25) is 5.02 Å². The molecule has 4 atom stereocenters. The Bertz CT molecular complexity index is 435. The van der Waals surface area contributed by atoms with E-state index in [1.54, 1.807) is 7.11 Å². The molecule has 2 rings (SSSR count). The molecule has 3 heteroatoms. The molecule has 0 spiro atoms. The van der Waals surface area contributed by atoms with E-state index in [1.807, 2.05) is 18.2 Å². The topological polar surface area (TPSA) is 35.2 Å². The van der Waals surface area contributed by atoms with Gasteiger partial charge >= 0.3 is 0 Å². The molecular formula is C16H24ClNO. The second kappa shape index (κ2) is 6.15. The minimum atomic E-state index is 0.0172. The highest BCUT2D eigenvalue weighted by molar-refractivity contribution is 6.30. The molecule has 1 saturated carbocycles. The third-order valence-corrected chi connectivity index (χ3v) is 4.93. The molecule has 0 heterocycles. The van der Waals surface area contributed by atoms with Crippen molar-refractivity contribution >= 4 is 11.6 Å². The highest BCUT2D eigenvalue weighted by Gasteiger charge is 2.30. The number of methoxy groups -OCH3 is 1. The number of benzene rings is 1. The van der Waals surface area contributed by atoms with Crippen LogP contribution in [0.4, 0.5) is 0 Å². The highest BCUT2D eigenvalue weighted by Crippen LogP contribution is 2.41. The van der Waals surface area contributed by atoms with Crippen molar-refractivity contribution in [1.82, 2.24) is 0 Å². The van der Waals surface area contributed by atoms with Crippen LogP contribution in [0, 0.1) is 17.8 Å². The van der Waals surface area contributed by atoms with E-state index < -0.39 is 0 Å². The molecule has 0 bridgehead atoms. The quantitative estimate of drug-likeness (QED) is 0.890. The van der Waals surface area contributed by atoms with E-state index in [2.05, 4.69) is 13.8 Å². The summed E-state index contributed by atoms with van der Waals surface area (Å²) in [5, 5.41) is 0.725. The molecule has 0 aliphatic heterocycles. The van der Waals surface area contributed by atoms with Crippen molar-refractivity contribution in [2.24, 2.45) is 23.5 Å². The van der Waals surface area contributed by atoms with Gasteiger partial charge in [-0.25, -0.2) is 0 Å². The second-order valence-electron chi connectivity index (χ2n) is 5.94. The summed E-state index contributed by atoms with van der Waals surface area (Å²) in [5.41, 5.74) is 7.53. The van der Waals surface area contributed by atoms with Crippen LogP contribution < -0.4 is 10.5 Å². The molecule has 1 aromatic carbocycles. The third kappa shape index (κ3) is 3.24. The molecule has 0 amide bonds. The Labute approximate surface area is 121 Å². The second-order valence-corrected chi connectivity index (χ2v) is 6.38. The summed E-state index contributed by atoms with van der Waals surface area (Å²) in [4.78, 5) is 0. The van der Waals surface area contributed by atoms with E-state index in [1.165, 1.54) is 19.3 Å². The van der Waals surface area contributed by atoms with Gasteiger partial charge in [-0.1, -0.05) is 31.9 Å². The molecule has 1 aliphatic rings. The van der Waals surface area contributed by atoms with Crippen LogP contribution in [0.5, 0.6) is 5.75 Å². The van der Waals surface area contributed by atoms with Crippen LogP contribution in [0.1, 0.15) is 44.7 Å². The first-order chi connectivity index (χ1) is 9.02. The molecule has 1 fully saturated rings. The Balaban J connectivity index is 2.19. The molecule has 2 nitrogen and oxygen atoms in total. The maximum atomic E-state index is 6.48. The van der Waals surface area contributed by atoms with Crippen LogP contribution >= 0.6 is 11.6 Å². The van der Waals surface area contributed by atoms with Crippen LogP contribution in [0.25, 0.3) is 0 Å². The Morgan fingerprint density at radius 2 is 2.00 bits per heavy atom. The minimum absolute atomic E-state index is 0.0172. The van der Waals surface area contributed by atoms with Gasteiger partial charge in [0.05, 0.1) is 7.11 Å². The lowest BCUT2D eigenvalue weighted by Crippen LogP contribution is -2.29. The van der Waals surface area contributed by atoms with Crippen LogP contribution in [0.15, 0.2) is 18.2 Å². The average molecular weight is 282 g/mol. The van der Waals surface area contributed by atoms with Gasteiger partial charge in [0.2, 0.25) is 0 Å². The maximum Gasteiger partial charge on any atom is 0.123 e. The SMILES string of the molecule is COc1ccc(Cl)cc1C(N)C1CCC(C)C(C)C1. The Hall–Kier alpha value is -0.730. The van der Waals surface area contributed by atoms with E-state index in [4.69, 9.17) is 22.1 Å². The lowest BCUT2D eigenvalue weighted by molar-refractivity contribution is 0.184. The molecule has 0 saturated heterocycles. The van der Waals surface area contributed by atoms with Crippen LogP contribution in [0.3, 0.4) is 0 Å². The fourth-order valence-corrected chi connectivity index (χ4v) is 3.32. The molecule has 106 valence electrons. The van der Waals surface area contributed by atoms with Crippen molar-refractivity contribution in [3.05, 3.63) is 28.8 Å². The zero-order valence-electron chi connectivity index (χ0n) is 12.0. The van der Waals surface area contributed by atoms with Crippen molar-refractivity contribution in [3.63, 3.8) is 0 Å². The molecule has 0 aromatic heterocycles.